The molecule has 0 aliphatic carbocycles. The summed E-state index contributed by atoms with van der Waals surface area (Å²) in [7, 11) is -3.96. The molecule has 0 aliphatic rings. The van der Waals surface area contributed by atoms with E-state index < -0.39 is 56.8 Å². The number of anilines is 1. The minimum atomic E-state index is -3.96. The number of hydrazine groups is 1. The molecular formula is C28H35F2N4O9P. The van der Waals surface area contributed by atoms with Crippen LogP contribution in [-0.4, -0.2) is 65.8 Å². The summed E-state index contributed by atoms with van der Waals surface area (Å²) in [6, 6.07) is 13.1. The van der Waals surface area contributed by atoms with Crippen LogP contribution in [0, 0.1) is 11.6 Å². The van der Waals surface area contributed by atoms with Gasteiger partial charge in [-0.25, -0.2) is 23.6 Å². The van der Waals surface area contributed by atoms with Crippen molar-refractivity contribution >= 4 is 25.7 Å². The van der Waals surface area contributed by atoms with Gasteiger partial charge in [-0.1, -0.05) is 47.6 Å². The van der Waals surface area contributed by atoms with Crippen molar-refractivity contribution in [3.63, 3.8) is 0 Å². The largest absolute Gasteiger partial charge is 0.474 e. The lowest BCUT2D eigenvalue weighted by Gasteiger charge is -2.32. The van der Waals surface area contributed by atoms with Crippen LogP contribution in [0.1, 0.15) is 32.8 Å². The predicted molar refractivity (Wildman–Crippen MR) is 154 cm³/mol. The summed E-state index contributed by atoms with van der Waals surface area (Å²) in [5, 5.41) is 18.0. The average Bonchev–Trinajstić information content (AvgIpc) is 3.46. The number of amides is 2. The van der Waals surface area contributed by atoms with Crippen LogP contribution in [0.3, 0.4) is 0 Å². The molecule has 2 atom stereocenters. The summed E-state index contributed by atoms with van der Waals surface area (Å²) in [5.41, 5.74) is 3.84. The van der Waals surface area contributed by atoms with Gasteiger partial charge in [0.1, 0.15) is 12.3 Å². The van der Waals surface area contributed by atoms with E-state index in [9.17, 15) is 28.0 Å². The molecule has 0 bridgehead atoms. The minimum absolute atomic E-state index is 0.00966. The monoisotopic (exact) mass is 640 g/mol. The highest BCUT2D eigenvalue weighted by atomic mass is 31.2. The number of ether oxygens (including phenoxy) is 1. The van der Waals surface area contributed by atoms with E-state index in [-0.39, 0.29) is 37.6 Å². The number of benzene rings is 2. The molecule has 0 radical (unpaired) electrons. The molecule has 1 heterocycles. The maximum atomic E-state index is 14.3. The first-order valence-corrected chi connectivity index (χ1v) is 15.1. The number of hydrogen-bond acceptors (Lipinski definition) is 11. The molecule has 2 aromatic carbocycles. The molecule has 0 spiro atoms. The second-order valence-electron chi connectivity index (χ2n) is 9.22. The summed E-state index contributed by atoms with van der Waals surface area (Å²) in [4.78, 5) is 25.2. The van der Waals surface area contributed by atoms with Crippen molar-refractivity contribution in [1.82, 2.24) is 15.6 Å². The average molecular weight is 641 g/mol. The molecule has 44 heavy (non-hydrogen) atoms. The Hall–Kier alpha value is -3.72. The number of nitrogens with one attached hydrogen (secondary N) is 2. The second-order valence-corrected chi connectivity index (χ2v) is 10.9. The third kappa shape index (κ3) is 10.5. The van der Waals surface area contributed by atoms with Crippen LogP contribution in [0.25, 0.3) is 11.3 Å². The summed E-state index contributed by atoms with van der Waals surface area (Å²) in [6.07, 6.45) is -2.60. The van der Waals surface area contributed by atoms with Crippen molar-refractivity contribution in [3.8, 4) is 11.3 Å². The maximum absolute atomic E-state index is 14.3. The Morgan fingerprint density at radius 2 is 1.75 bits per heavy atom. The van der Waals surface area contributed by atoms with Crippen molar-refractivity contribution in [2.24, 2.45) is 0 Å². The fourth-order valence-corrected chi connectivity index (χ4v) is 5.19. The lowest BCUT2D eigenvalue weighted by molar-refractivity contribution is -0.137. The van der Waals surface area contributed by atoms with Gasteiger partial charge in [0.05, 0.1) is 32.0 Å². The fraction of sp³-hybridized carbons (Fsp3) is 0.393. The van der Waals surface area contributed by atoms with E-state index in [0.717, 1.165) is 16.6 Å². The van der Waals surface area contributed by atoms with E-state index in [1.807, 2.05) is 18.2 Å². The van der Waals surface area contributed by atoms with E-state index >= 15 is 0 Å². The molecule has 3 N–H and O–H groups in total. The van der Waals surface area contributed by atoms with Crippen molar-refractivity contribution < 1.29 is 50.9 Å². The summed E-state index contributed by atoms with van der Waals surface area (Å²) >= 11 is 0. The highest BCUT2D eigenvalue weighted by Gasteiger charge is 2.30. The molecule has 16 heteroatoms. The van der Waals surface area contributed by atoms with Gasteiger partial charge in [0.2, 0.25) is 11.8 Å². The highest BCUT2D eigenvalue weighted by molar-refractivity contribution is 7.48. The number of hydrogen-bond donors (Lipinski definition) is 3. The van der Waals surface area contributed by atoms with Crippen molar-refractivity contribution in [2.75, 3.05) is 31.7 Å². The van der Waals surface area contributed by atoms with Crippen LogP contribution < -0.4 is 10.7 Å². The lowest BCUT2D eigenvalue weighted by atomic mass is 10.1. The number of halogens is 2. The van der Waals surface area contributed by atoms with Gasteiger partial charge in [-0.2, -0.15) is 0 Å². The van der Waals surface area contributed by atoms with Gasteiger partial charge in [-0.15, -0.1) is 0 Å². The molecule has 0 saturated heterocycles. The van der Waals surface area contributed by atoms with Gasteiger partial charge in [-0.05, 0) is 19.9 Å². The van der Waals surface area contributed by atoms with Crippen LogP contribution in [0.5, 0.6) is 0 Å². The smallest absolute Gasteiger partial charge is 0.447 e. The molecule has 0 saturated carbocycles. The number of phosphoric ester groups is 1. The summed E-state index contributed by atoms with van der Waals surface area (Å²) < 4.78 is 66.4. The van der Waals surface area contributed by atoms with E-state index in [4.69, 9.17) is 22.8 Å². The van der Waals surface area contributed by atoms with E-state index in [1.54, 1.807) is 26.0 Å². The van der Waals surface area contributed by atoms with Crippen LogP contribution in [0.4, 0.5) is 19.5 Å². The number of rotatable bonds is 17. The number of phosphoric acid groups is 1. The Kier molecular flexibility index (Phi) is 13.4. The number of aliphatic hydroxyl groups excluding tert-OH is 1. The minimum Gasteiger partial charge on any atom is -0.447 e. The zero-order valence-electron chi connectivity index (χ0n) is 24.4. The zero-order chi connectivity index (χ0) is 32.1. The van der Waals surface area contributed by atoms with Crippen molar-refractivity contribution in [3.05, 3.63) is 71.8 Å². The van der Waals surface area contributed by atoms with Crippen LogP contribution in [0.15, 0.2) is 59.1 Å². The summed E-state index contributed by atoms with van der Waals surface area (Å²) in [5.74, 6) is -2.78. The first-order valence-electron chi connectivity index (χ1n) is 13.7. The fourth-order valence-electron chi connectivity index (χ4n) is 3.98. The SMILES string of the molecule is CCOP(=O)(OCC)OC[C@H](O)C[C@@H](COC(=O)Nc1cc(-c2ccccc2)no1)N(NCc1cccc(F)c1F)C(C)=O. The Balaban J connectivity index is 1.71. The molecule has 0 unspecified atom stereocenters. The maximum Gasteiger partial charge on any atom is 0.474 e. The lowest BCUT2D eigenvalue weighted by Crippen LogP contribution is -2.52. The number of carbonyl (C=O) groups is 2. The van der Waals surface area contributed by atoms with Crippen molar-refractivity contribution in [1.29, 1.82) is 0 Å². The predicted octanol–water partition coefficient (Wildman–Crippen LogP) is 5.04. The van der Waals surface area contributed by atoms with E-state index in [0.29, 0.717) is 5.69 Å². The third-order valence-corrected chi connectivity index (χ3v) is 7.55. The molecule has 3 aromatic rings. The molecule has 0 aliphatic heterocycles. The normalized spacial score (nSPS) is 12.9. The molecular weight excluding hydrogens is 605 g/mol. The topological polar surface area (TPSA) is 162 Å². The molecule has 2 amide bonds. The van der Waals surface area contributed by atoms with Gasteiger partial charge < -0.3 is 14.4 Å². The van der Waals surface area contributed by atoms with Crippen LogP contribution >= 0.6 is 7.82 Å². The Bertz CT molecular complexity index is 1400. The van der Waals surface area contributed by atoms with E-state index in [2.05, 4.69) is 15.9 Å². The Morgan fingerprint density at radius 1 is 1.05 bits per heavy atom. The van der Waals surface area contributed by atoms with Gasteiger partial charge in [0, 0.05) is 37.1 Å². The number of aliphatic hydroxyl groups is 1. The van der Waals surface area contributed by atoms with Gasteiger partial charge in [0.25, 0.3) is 0 Å². The molecule has 1 aromatic heterocycles. The first-order chi connectivity index (χ1) is 21.0. The highest BCUT2D eigenvalue weighted by Crippen LogP contribution is 2.49. The number of aromatic nitrogens is 1. The molecule has 13 nitrogen and oxygen atoms in total. The molecule has 240 valence electrons. The van der Waals surface area contributed by atoms with Crippen LogP contribution in [-0.2, 0) is 34.2 Å². The Labute approximate surface area is 253 Å². The van der Waals surface area contributed by atoms with Gasteiger partial charge >= 0.3 is 13.9 Å². The standard InChI is InChI=1S/C28H35F2N4O9P/c1-4-40-44(38,41-5-2)42-18-23(36)14-22(34(19(3)35)31-16-21-12-9-13-24(29)27(21)30)17-39-28(37)32-26-15-25(33-43-26)20-10-7-6-8-11-20/h6-13,15,22-23,31,36H,4-5,14,16-18H2,1-3H3,(H,32,37)/t22-,23+/m0/s1. The Morgan fingerprint density at radius 3 is 2.41 bits per heavy atom. The quantitative estimate of drug-likeness (QED) is 0.134. The first kappa shape index (κ1) is 34.8. The van der Waals surface area contributed by atoms with Gasteiger partial charge in [-0.3, -0.25) is 28.7 Å². The van der Waals surface area contributed by atoms with Crippen molar-refractivity contribution in [2.45, 2.75) is 45.9 Å². The number of carbonyl (C=O) groups excluding carboxylic acids is 2. The van der Waals surface area contributed by atoms with Gasteiger partial charge in [0.15, 0.2) is 11.6 Å². The molecule has 3 rings (SSSR count). The van der Waals surface area contributed by atoms with E-state index in [1.165, 1.54) is 25.1 Å². The third-order valence-electron chi connectivity index (χ3n) is 5.93. The van der Waals surface area contributed by atoms with Crippen LogP contribution in [0.2, 0.25) is 0 Å². The number of nitrogens with zero attached hydrogens (tertiary/aromatic N) is 2. The summed E-state index contributed by atoms with van der Waals surface area (Å²) in [6.45, 7) is 3.09. The molecule has 0 fully saturated rings. The zero-order valence-corrected chi connectivity index (χ0v) is 25.3. The second kappa shape index (κ2) is 16.9.